The third kappa shape index (κ3) is 5.49. The van der Waals surface area contributed by atoms with Gasteiger partial charge in [-0.05, 0) is 36.6 Å². The molecule has 1 saturated heterocycles. The van der Waals surface area contributed by atoms with Crippen LogP contribution in [0.15, 0.2) is 59.5 Å². The standard InChI is InChI=1S/C22H23F3N2O4S/c1-31-19-11-10-17(14-20(19)32(29,30)27-12-6-3-7-13-27)26-21(28)15-18(22(23,24)25)16-8-4-2-5-9-16/h2,4-5,8-11,14-15H,3,6-7,12-13H2,1H3,(H,26,28)/b18-15-. The Morgan fingerprint density at radius 3 is 2.31 bits per heavy atom. The first-order valence-electron chi connectivity index (χ1n) is 9.96. The highest BCUT2D eigenvalue weighted by molar-refractivity contribution is 7.89. The van der Waals surface area contributed by atoms with Crippen LogP contribution >= 0.6 is 0 Å². The summed E-state index contributed by atoms with van der Waals surface area (Å²) >= 11 is 0. The van der Waals surface area contributed by atoms with E-state index in [2.05, 4.69) is 5.32 Å². The smallest absolute Gasteiger partial charge is 0.417 e. The molecule has 32 heavy (non-hydrogen) atoms. The van der Waals surface area contributed by atoms with Crippen molar-refractivity contribution in [1.82, 2.24) is 4.31 Å². The van der Waals surface area contributed by atoms with Crippen LogP contribution in [-0.2, 0) is 14.8 Å². The van der Waals surface area contributed by atoms with E-state index < -0.39 is 27.7 Å². The highest BCUT2D eigenvalue weighted by Gasteiger charge is 2.35. The van der Waals surface area contributed by atoms with Gasteiger partial charge in [0.25, 0.3) is 0 Å². The van der Waals surface area contributed by atoms with Crippen LogP contribution in [0.2, 0.25) is 0 Å². The second-order valence-electron chi connectivity index (χ2n) is 7.24. The number of hydrogen-bond acceptors (Lipinski definition) is 4. The van der Waals surface area contributed by atoms with Crippen LogP contribution in [0.1, 0.15) is 24.8 Å². The van der Waals surface area contributed by atoms with Crippen molar-refractivity contribution in [3.05, 3.63) is 60.2 Å². The van der Waals surface area contributed by atoms with Crippen molar-refractivity contribution in [2.45, 2.75) is 30.3 Å². The van der Waals surface area contributed by atoms with Gasteiger partial charge in [-0.2, -0.15) is 17.5 Å². The van der Waals surface area contributed by atoms with E-state index in [1.54, 1.807) is 6.07 Å². The number of halogens is 3. The van der Waals surface area contributed by atoms with Crippen molar-refractivity contribution < 1.29 is 31.1 Å². The van der Waals surface area contributed by atoms with Crippen molar-refractivity contribution in [1.29, 1.82) is 0 Å². The van der Waals surface area contributed by atoms with E-state index in [9.17, 15) is 26.4 Å². The molecule has 1 amide bonds. The summed E-state index contributed by atoms with van der Waals surface area (Å²) in [5, 5.41) is 2.33. The first kappa shape index (κ1) is 23.8. The number of amides is 1. The largest absolute Gasteiger partial charge is 0.495 e. The number of nitrogens with one attached hydrogen (secondary N) is 1. The summed E-state index contributed by atoms with van der Waals surface area (Å²) in [7, 11) is -2.57. The molecule has 2 aromatic carbocycles. The van der Waals surface area contributed by atoms with Crippen molar-refractivity contribution >= 4 is 27.2 Å². The number of piperidine rings is 1. The summed E-state index contributed by atoms with van der Waals surface area (Å²) in [6, 6.07) is 10.9. The summed E-state index contributed by atoms with van der Waals surface area (Å²) in [5.74, 6) is -0.947. The number of hydrogen-bond donors (Lipinski definition) is 1. The second-order valence-corrected chi connectivity index (χ2v) is 9.15. The Morgan fingerprint density at radius 1 is 1.06 bits per heavy atom. The molecule has 0 radical (unpaired) electrons. The molecule has 0 atom stereocenters. The molecule has 1 heterocycles. The van der Waals surface area contributed by atoms with Gasteiger partial charge in [0.1, 0.15) is 10.6 Å². The Labute approximate surface area is 184 Å². The molecule has 1 aliphatic rings. The molecule has 0 bridgehead atoms. The van der Waals surface area contributed by atoms with Crippen molar-refractivity contribution in [2.24, 2.45) is 0 Å². The first-order valence-corrected chi connectivity index (χ1v) is 11.4. The minimum Gasteiger partial charge on any atom is -0.495 e. The lowest BCUT2D eigenvalue weighted by molar-refractivity contribution is -0.112. The number of benzene rings is 2. The molecule has 0 saturated carbocycles. The van der Waals surface area contributed by atoms with Gasteiger partial charge in [-0.3, -0.25) is 4.79 Å². The van der Waals surface area contributed by atoms with Gasteiger partial charge in [0, 0.05) is 24.9 Å². The maximum Gasteiger partial charge on any atom is 0.417 e. The second kappa shape index (κ2) is 9.74. The Kier molecular flexibility index (Phi) is 7.25. The van der Waals surface area contributed by atoms with Crippen molar-refractivity contribution in [3.8, 4) is 5.75 Å². The Hall–Kier alpha value is -2.85. The van der Waals surface area contributed by atoms with Crippen LogP contribution < -0.4 is 10.1 Å². The number of allylic oxidation sites excluding steroid dienone is 1. The average molecular weight is 468 g/mol. The van der Waals surface area contributed by atoms with Gasteiger partial charge < -0.3 is 10.1 Å². The van der Waals surface area contributed by atoms with Crippen LogP contribution in [0.5, 0.6) is 5.75 Å². The molecule has 1 fully saturated rings. The molecular formula is C22H23F3N2O4S. The lowest BCUT2D eigenvalue weighted by atomic mass is 10.1. The number of nitrogens with zero attached hydrogens (tertiary/aromatic N) is 1. The molecule has 0 aliphatic carbocycles. The van der Waals surface area contributed by atoms with E-state index in [1.165, 1.54) is 53.9 Å². The van der Waals surface area contributed by atoms with E-state index in [1.807, 2.05) is 0 Å². The quantitative estimate of drug-likeness (QED) is 0.636. The topological polar surface area (TPSA) is 75.7 Å². The first-order chi connectivity index (χ1) is 15.1. The van der Waals surface area contributed by atoms with Crippen molar-refractivity contribution in [3.63, 3.8) is 0 Å². The monoisotopic (exact) mass is 468 g/mol. The lowest BCUT2D eigenvalue weighted by Crippen LogP contribution is -2.35. The highest BCUT2D eigenvalue weighted by Crippen LogP contribution is 2.34. The van der Waals surface area contributed by atoms with Crippen LogP contribution in [-0.4, -0.2) is 45.0 Å². The van der Waals surface area contributed by atoms with E-state index in [4.69, 9.17) is 4.74 Å². The molecule has 0 unspecified atom stereocenters. The highest BCUT2D eigenvalue weighted by atomic mass is 32.2. The van der Waals surface area contributed by atoms with E-state index in [0.717, 1.165) is 19.3 Å². The van der Waals surface area contributed by atoms with Crippen LogP contribution in [0.3, 0.4) is 0 Å². The van der Waals surface area contributed by atoms with E-state index in [0.29, 0.717) is 19.2 Å². The summed E-state index contributed by atoms with van der Waals surface area (Å²) in [6.45, 7) is 0.744. The average Bonchev–Trinajstić information content (AvgIpc) is 2.78. The molecule has 0 spiro atoms. The third-order valence-corrected chi connectivity index (χ3v) is 6.95. The zero-order valence-electron chi connectivity index (χ0n) is 17.4. The Balaban J connectivity index is 1.91. The molecule has 0 aromatic heterocycles. The molecular weight excluding hydrogens is 445 g/mol. The van der Waals surface area contributed by atoms with Crippen molar-refractivity contribution in [2.75, 3.05) is 25.5 Å². The number of sulfonamides is 1. The number of ether oxygens (including phenoxy) is 1. The summed E-state index contributed by atoms with van der Waals surface area (Å²) in [5.41, 5.74) is -1.22. The number of anilines is 1. The number of rotatable bonds is 6. The van der Waals surface area contributed by atoms with Gasteiger partial charge in [0.05, 0.1) is 12.7 Å². The van der Waals surface area contributed by atoms with E-state index >= 15 is 0 Å². The summed E-state index contributed by atoms with van der Waals surface area (Å²) < 4.78 is 73.1. The van der Waals surface area contributed by atoms with Gasteiger partial charge in [-0.1, -0.05) is 36.8 Å². The molecule has 1 aliphatic heterocycles. The van der Waals surface area contributed by atoms with E-state index in [-0.39, 0.29) is 21.9 Å². The fourth-order valence-electron chi connectivity index (χ4n) is 3.46. The summed E-state index contributed by atoms with van der Waals surface area (Å²) in [4.78, 5) is 12.2. The third-order valence-electron chi connectivity index (χ3n) is 5.03. The Bertz CT molecular complexity index is 1090. The number of alkyl halides is 3. The predicted octanol–water partition coefficient (Wildman–Crippen LogP) is 4.45. The molecule has 1 N–H and O–H groups in total. The number of methoxy groups -OCH3 is 1. The molecule has 172 valence electrons. The molecule has 6 nitrogen and oxygen atoms in total. The molecule has 2 aromatic rings. The van der Waals surface area contributed by atoms with Gasteiger partial charge in [0.2, 0.25) is 15.9 Å². The normalized spacial score (nSPS) is 15.9. The van der Waals surface area contributed by atoms with Crippen LogP contribution in [0.25, 0.3) is 5.57 Å². The zero-order chi connectivity index (χ0) is 23.4. The lowest BCUT2D eigenvalue weighted by Gasteiger charge is -2.26. The van der Waals surface area contributed by atoms with Gasteiger partial charge >= 0.3 is 6.18 Å². The fraction of sp³-hybridized carbons (Fsp3) is 0.318. The Morgan fingerprint density at radius 2 is 1.72 bits per heavy atom. The zero-order valence-corrected chi connectivity index (χ0v) is 18.2. The maximum absolute atomic E-state index is 13.5. The summed E-state index contributed by atoms with van der Waals surface area (Å²) in [6.07, 6.45) is -1.88. The van der Waals surface area contributed by atoms with Crippen LogP contribution in [0.4, 0.5) is 18.9 Å². The molecule has 10 heteroatoms. The van der Waals surface area contributed by atoms with Gasteiger partial charge in [-0.25, -0.2) is 8.42 Å². The number of carbonyl (C=O) groups is 1. The predicted molar refractivity (Wildman–Crippen MR) is 115 cm³/mol. The van der Waals surface area contributed by atoms with Crippen LogP contribution in [0, 0.1) is 0 Å². The minimum absolute atomic E-state index is 0.0391. The molecule has 3 rings (SSSR count). The van der Waals surface area contributed by atoms with Gasteiger partial charge in [-0.15, -0.1) is 0 Å². The minimum atomic E-state index is -4.75. The maximum atomic E-state index is 13.5. The SMILES string of the molecule is COc1ccc(NC(=O)/C=C(/c2ccccc2)C(F)(F)F)cc1S(=O)(=O)N1CCCCC1. The van der Waals surface area contributed by atoms with Gasteiger partial charge in [0.15, 0.2) is 0 Å². The number of carbonyl (C=O) groups excluding carboxylic acids is 1. The fourth-order valence-corrected chi connectivity index (χ4v) is 5.15.